The van der Waals surface area contributed by atoms with Crippen molar-refractivity contribution in [2.24, 2.45) is 0 Å². The van der Waals surface area contributed by atoms with Gasteiger partial charge in [0.2, 0.25) is 5.78 Å². The van der Waals surface area contributed by atoms with Crippen molar-refractivity contribution < 1.29 is 9.63 Å². The van der Waals surface area contributed by atoms with Crippen molar-refractivity contribution in [3.05, 3.63) is 59.7 Å². The summed E-state index contributed by atoms with van der Waals surface area (Å²) in [4.78, 5) is 20.4. The Bertz CT molecular complexity index is 863. The van der Waals surface area contributed by atoms with E-state index in [2.05, 4.69) is 10.3 Å². The third kappa shape index (κ3) is 2.29. The van der Waals surface area contributed by atoms with Crippen molar-refractivity contribution in [1.29, 1.82) is 0 Å². The summed E-state index contributed by atoms with van der Waals surface area (Å²) in [6, 6.07) is 15.2. The van der Waals surface area contributed by atoms with Crippen LogP contribution >= 0.6 is 0 Å². The van der Waals surface area contributed by atoms with Crippen LogP contribution < -0.4 is 4.84 Å². The summed E-state index contributed by atoms with van der Waals surface area (Å²) in [5.41, 5.74) is 2.51. The Labute approximate surface area is 133 Å². The molecule has 1 aliphatic rings. The molecule has 1 saturated carbocycles. The number of Topliss-reactive ketones (excluding diaryl/α,β-unsaturated/α-hetero) is 1. The maximum absolute atomic E-state index is 12.9. The van der Waals surface area contributed by atoms with Crippen LogP contribution in [0.2, 0.25) is 0 Å². The van der Waals surface area contributed by atoms with E-state index in [0.29, 0.717) is 18.4 Å². The molecule has 1 heterocycles. The highest BCUT2D eigenvalue weighted by atomic mass is 16.7. The first-order chi connectivity index (χ1) is 11.2. The molecule has 5 heteroatoms. The zero-order valence-electron chi connectivity index (χ0n) is 12.9. The maximum atomic E-state index is 12.9. The summed E-state index contributed by atoms with van der Waals surface area (Å²) in [7, 11) is 0. The molecule has 1 aliphatic carbocycles. The first-order valence-corrected chi connectivity index (χ1v) is 7.79. The van der Waals surface area contributed by atoms with Gasteiger partial charge in [0.05, 0.1) is 0 Å². The highest BCUT2D eigenvalue weighted by molar-refractivity contribution is 6.03. The van der Waals surface area contributed by atoms with Gasteiger partial charge in [-0.1, -0.05) is 46.8 Å². The van der Waals surface area contributed by atoms with Crippen LogP contribution in [0.4, 0.5) is 0 Å². The van der Waals surface area contributed by atoms with Crippen molar-refractivity contribution in [1.82, 2.24) is 15.2 Å². The van der Waals surface area contributed by atoms with Crippen molar-refractivity contribution >= 4 is 16.8 Å². The number of rotatable bonds is 4. The molecular weight excluding hydrogens is 290 g/mol. The van der Waals surface area contributed by atoms with Crippen LogP contribution in [0.1, 0.15) is 35.2 Å². The van der Waals surface area contributed by atoms with Gasteiger partial charge in [-0.15, -0.1) is 5.10 Å². The molecule has 0 bridgehead atoms. The summed E-state index contributed by atoms with van der Waals surface area (Å²) in [6.45, 7) is 2.01. The largest absolute Gasteiger partial charge is 0.380 e. The molecule has 0 atom stereocenters. The zero-order chi connectivity index (χ0) is 15.9. The van der Waals surface area contributed by atoms with E-state index in [1.165, 1.54) is 4.85 Å². The molecule has 1 aromatic heterocycles. The van der Waals surface area contributed by atoms with Crippen molar-refractivity contribution in [2.75, 3.05) is 0 Å². The third-order valence-corrected chi connectivity index (χ3v) is 4.47. The minimum absolute atomic E-state index is 0.0170. The van der Waals surface area contributed by atoms with E-state index in [1.54, 1.807) is 0 Å². The van der Waals surface area contributed by atoms with Gasteiger partial charge >= 0.3 is 0 Å². The van der Waals surface area contributed by atoms with Gasteiger partial charge < -0.3 is 4.84 Å². The van der Waals surface area contributed by atoms with Gasteiger partial charge in [0, 0.05) is 5.56 Å². The van der Waals surface area contributed by atoms with Gasteiger partial charge in [0.25, 0.3) is 0 Å². The monoisotopic (exact) mass is 307 g/mol. The summed E-state index contributed by atoms with van der Waals surface area (Å²) in [5, 5.41) is 8.13. The van der Waals surface area contributed by atoms with Gasteiger partial charge in [-0.05, 0) is 43.5 Å². The Morgan fingerprint density at radius 3 is 2.57 bits per heavy atom. The number of carbonyl (C=O) groups excluding carboxylic acids is 1. The molecule has 0 saturated heterocycles. The Morgan fingerprint density at radius 2 is 1.87 bits per heavy atom. The Hall–Kier alpha value is -2.69. The van der Waals surface area contributed by atoms with E-state index in [0.717, 1.165) is 23.0 Å². The molecule has 0 spiro atoms. The number of nitrogens with zero attached hydrogens (tertiary/aromatic N) is 3. The minimum Gasteiger partial charge on any atom is -0.380 e. The fourth-order valence-electron chi connectivity index (χ4n) is 2.91. The fourth-order valence-corrected chi connectivity index (χ4v) is 2.91. The smallest absolute Gasteiger partial charge is 0.209 e. The van der Waals surface area contributed by atoms with E-state index in [-0.39, 0.29) is 5.78 Å². The first kappa shape index (κ1) is 13.9. The van der Waals surface area contributed by atoms with Gasteiger partial charge in [-0.25, -0.2) is 0 Å². The van der Waals surface area contributed by atoms with Gasteiger partial charge in [0.15, 0.2) is 5.60 Å². The molecule has 116 valence electrons. The van der Waals surface area contributed by atoms with E-state index >= 15 is 0 Å². The minimum atomic E-state index is -0.828. The molecule has 2 aromatic carbocycles. The number of ketones is 1. The SMILES string of the molecule is Cc1ccc(C(=O)C2(On3nnc4ccccc43)CCC2)cc1. The number of para-hydroxylation sites is 1. The second kappa shape index (κ2) is 5.19. The molecule has 4 rings (SSSR count). The predicted octanol–water partition coefficient (Wildman–Crippen LogP) is 2.97. The van der Waals surface area contributed by atoms with Crippen LogP contribution in [0.5, 0.6) is 0 Å². The van der Waals surface area contributed by atoms with Crippen LogP contribution in [0.15, 0.2) is 48.5 Å². The molecule has 0 aliphatic heterocycles. The standard InChI is InChI=1S/C18H17N3O2/c1-13-7-9-14(10-8-13)17(22)18(11-4-12-18)23-21-16-6-3-2-5-15(16)19-20-21/h2-3,5-10H,4,11-12H2,1H3. The molecule has 0 N–H and O–H groups in total. The number of aryl methyl sites for hydroxylation is 1. The van der Waals surface area contributed by atoms with Crippen molar-refractivity contribution in [3.8, 4) is 0 Å². The second-order valence-corrected chi connectivity index (χ2v) is 6.09. The number of hydrogen-bond acceptors (Lipinski definition) is 4. The van der Waals surface area contributed by atoms with Crippen molar-refractivity contribution in [2.45, 2.75) is 31.8 Å². The number of fused-ring (bicyclic) bond motifs is 1. The summed E-state index contributed by atoms with van der Waals surface area (Å²) < 4.78 is 0. The highest BCUT2D eigenvalue weighted by Gasteiger charge is 2.48. The van der Waals surface area contributed by atoms with Gasteiger partial charge in [0.1, 0.15) is 11.0 Å². The Morgan fingerprint density at radius 1 is 1.13 bits per heavy atom. The first-order valence-electron chi connectivity index (χ1n) is 7.79. The normalized spacial score (nSPS) is 16.0. The molecule has 3 aromatic rings. The van der Waals surface area contributed by atoms with Crippen LogP contribution in [-0.2, 0) is 0 Å². The molecule has 23 heavy (non-hydrogen) atoms. The molecule has 0 radical (unpaired) electrons. The molecule has 1 fully saturated rings. The molecule has 0 amide bonds. The third-order valence-electron chi connectivity index (χ3n) is 4.47. The molecule has 0 unspecified atom stereocenters. The number of benzene rings is 2. The van der Waals surface area contributed by atoms with Crippen LogP contribution in [0.25, 0.3) is 11.0 Å². The summed E-state index contributed by atoms with van der Waals surface area (Å²) in [5.74, 6) is 0.0170. The van der Waals surface area contributed by atoms with E-state index in [1.807, 2.05) is 55.5 Å². The van der Waals surface area contributed by atoms with E-state index in [4.69, 9.17) is 4.84 Å². The Balaban J connectivity index is 1.67. The van der Waals surface area contributed by atoms with Crippen LogP contribution in [0, 0.1) is 6.92 Å². The van der Waals surface area contributed by atoms with Crippen LogP contribution in [0.3, 0.4) is 0 Å². The number of carbonyl (C=O) groups is 1. The topological polar surface area (TPSA) is 57.0 Å². The Kier molecular flexibility index (Phi) is 3.15. The highest BCUT2D eigenvalue weighted by Crippen LogP contribution is 2.36. The quantitative estimate of drug-likeness (QED) is 0.695. The van der Waals surface area contributed by atoms with Gasteiger partial charge in [-0.2, -0.15) is 0 Å². The van der Waals surface area contributed by atoms with Gasteiger partial charge in [-0.3, -0.25) is 4.79 Å². The summed E-state index contributed by atoms with van der Waals surface area (Å²) in [6.07, 6.45) is 2.38. The lowest BCUT2D eigenvalue weighted by Crippen LogP contribution is -2.54. The van der Waals surface area contributed by atoms with Crippen LogP contribution in [-0.4, -0.2) is 26.5 Å². The lowest BCUT2D eigenvalue weighted by Gasteiger charge is -2.38. The summed E-state index contributed by atoms with van der Waals surface area (Å²) >= 11 is 0. The fraction of sp³-hybridized carbons (Fsp3) is 0.278. The second-order valence-electron chi connectivity index (χ2n) is 6.09. The lowest BCUT2D eigenvalue weighted by molar-refractivity contribution is -0.0865. The maximum Gasteiger partial charge on any atom is 0.209 e. The molecular formula is C18H17N3O2. The molecule has 5 nitrogen and oxygen atoms in total. The number of aromatic nitrogens is 3. The predicted molar refractivity (Wildman–Crippen MR) is 86.2 cm³/mol. The van der Waals surface area contributed by atoms with E-state index in [9.17, 15) is 4.79 Å². The van der Waals surface area contributed by atoms with E-state index < -0.39 is 5.60 Å². The number of hydrogen-bond donors (Lipinski definition) is 0. The zero-order valence-corrected chi connectivity index (χ0v) is 12.9. The average Bonchev–Trinajstić information content (AvgIpc) is 2.94. The lowest BCUT2D eigenvalue weighted by atomic mass is 9.75. The van der Waals surface area contributed by atoms with Crippen molar-refractivity contribution in [3.63, 3.8) is 0 Å². The average molecular weight is 307 g/mol.